The molecule has 4 rings (SSSR count). The first-order valence-corrected chi connectivity index (χ1v) is 12.3. The topological polar surface area (TPSA) is 79.7 Å². The number of carbonyl (C=O) groups is 2. The predicted molar refractivity (Wildman–Crippen MR) is 132 cm³/mol. The fourth-order valence-electron chi connectivity index (χ4n) is 4.59. The molecule has 3 heterocycles. The van der Waals surface area contributed by atoms with Gasteiger partial charge < -0.3 is 24.4 Å². The average molecular weight is 506 g/mol. The van der Waals surface area contributed by atoms with Gasteiger partial charge in [-0.1, -0.05) is 32.4 Å². The van der Waals surface area contributed by atoms with Crippen molar-refractivity contribution in [2.45, 2.75) is 46.3 Å². The summed E-state index contributed by atoms with van der Waals surface area (Å²) in [4.78, 5) is 35.5. The number of amides is 2. The highest BCUT2D eigenvalue weighted by Crippen LogP contribution is 2.30. The van der Waals surface area contributed by atoms with Gasteiger partial charge in [0, 0.05) is 31.2 Å². The monoisotopic (exact) mass is 505 g/mol. The van der Waals surface area contributed by atoms with Gasteiger partial charge in [0.15, 0.2) is 5.69 Å². The molecule has 0 aliphatic carbocycles. The Morgan fingerprint density at radius 2 is 1.89 bits per heavy atom. The van der Waals surface area contributed by atoms with Crippen molar-refractivity contribution in [1.82, 2.24) is 24.7 Å². The predicted octanol–water partition coefficient (Wildman–Crippen LogP) is 3.18. The summed E-state index contributed by atoms with van der Waals surface area (Å²) in [6, 6.07) is 3.57. The number of carbonyl (C=O) groups excluding carboxylic acids is 2. The second-order valence-electron chi connectivity index (χ2n) is 10.3. The number of halogens is 2. The molecule has 2 aliphatic heterocycles. The third-order valence-corrected chi connectivity index (χ3v) is 6.74. The number of nitrogens with one attached hydrogen (secondary N) is 1. The molecule has 0 spiro atoms. The van der Waals surface area contributed by atoms with Gasteiger partial charge in [-0.25, -0.2) is 9.37 Å². The maximum Gasteiger partial charge on any atom is 0.272 e. The van der Waals surface area contributed by atoms with Gasteiger partial charge in [0.25, 0.3) is 5.91 Å². The number of imidazole rings is 1. The van der Waals surface area contributed by atoms with E-state index in [9.17, 15) is 14.0 Å². The molecule has 8 nitrogen and oxygen atoms in total. The summed E-state index contributed by atoms with van der Waals surface area (Å²) in [5.41, 5.74) is 0.625. The maximum atomic E-state index is 14.8. The highest BCUT2D eigenvalue weighted by atomic mass is 35.5. The Hall–Kier alpha value is -2.49. The van der Waals surface area contributed by atoms with Gasteiger partial charge in [0.1, 0.15) is 17.7 Å². The molecule has 2 aromatic rings. The summed E-state index contributed by atoms with van der Waals surface area (Å²) in [5.74, 6) is -0.675. The van der Waals surface area contributed by atoms with Crippen molar-refractivity contribution < 1.29 is 18.7 Å². The number of aromatic nitrogens is 2. The first-order chi connectivity index (χ1) is 16.6. The molecule has 1 fully saturated rings. The van der Waals surface area contributed by atoms with Crippen LogP contribution in [-0.4, -0.2) is 77.1 Å². The fourth-order valence-corrected chi connectivity index (χ4v) is 4.76. The molecular formula is C25H33ClFN5O3. The average Bonchev–Trinajstić information content (AvgIpc) is 3.04. The van der Waals surface area contributed by atoms with E-state index >= 15 is 0 Å². The first kappa shape index (κ1) is 25.6. The molecule has 0 radical (unpaired) electrons. The van der Waals surface area contributed by atoms with Crippen molar-refractivity contribution in [2.24, 2.45) is 5.41 Å². The Balaban J connectivity index is 1.72. The van der Waals surface area contributed by atoms with E-state index < -0.39 is 23.2 Å². The highest BCUT2D eigenvalue weighted by Gasteiger charge is 2.38. The third-order valence-electron chi connectivity index (χ3n) is 6.51. The van der Waals surface area contributed by atoms with Crippen LogP contribution in [0.1, 0.15) is 43.4 Å². The van der Waals surface area contributed by atoms with Gasteiger partial charge in [-0.3, -0.25) is 9.59 Å². The second kappa shape index (κ2) is 10.2. The van der Waals surface area contributed by atoms with Crippen molar-refractivity contribution in [3.63, 3.8) is 0 Å². The number of fused-ring (bicyclic) bond motifs is 1. The quantitative estimate of drug-likeness (QED) is 0.690. The second-order valence-corrected chi connectivity index (χ2v) is 10.7. The smallest absolute Gasteiger partial charge is 0.272 e. The summed E-state index contributed by atoms with van der Waals surface area (Å²) in [6.07, 6.45) is 0.830. The zero-order valence-corrected chi connectivity index (χ0v) is 21.5. The molecule has 0 saturated carbocycles. The number of nitrogens with zero attached hydrogens (tertiary/aromatic N) is 4. The molecule has 1 N–H and O–H groups in total. The van der Waals surface area contributed by atoms with E-state index in [1.165, 1.54) is 18.2 Å². The standard InChI is InChI=1S/C25H33ClFN5O3/c1-25(2,3)21(24(34)31-10-12-35-13-11-31)29-23(33)20-19-15-30(4)8-5-9-32(19)22(28-20)17-14-16(26)6-7-18(17)27/h6-7,14,21H,5,8-13,15H2,1-4H3,(H,29,33). The molecule has 1 aromatic carbocycles. The van der Waals surface area contributed by atoms with Crippen molar-refractivity contribution >= 4 is 23.4 Å². The van der Waals surface area contributed by atoms with Crippen LogP contribution >= 0.6 is 11.6 Å². The Labute approximate surface area is 210 Å². The minimum Gasteiger partial charge on any atom is -0.378 e. The van der Waals surface area contributed by atoms with Gasteiger partial charge >= 0.3 is 0 Å². The normalized spacial score (nSPS) is 18.1. The van der Waals surface area contributed by atoms with E-state index in [0.29, 0.717) is 55.9 Å². The van der Waals surface area contributed by atoms with Gasteiger partial charge in [-0.2, -0.15) is 0 Å². The molecule has 1 aromatic heterocycles. The molecule has 10 heteroatoms. The third kappa shape index (κ3) is 5.52. The highest BCUT2D eigenvalue weighted by molar-refractivity contribution is 6.30. The van der Waals surface area contributed by atoms with Crippen molar-refractivity contribution in [2.75, 3.05) is 39.9 Å². The lowest BCUT2D eigenvalue weighted by atomic mass is 9.85. The number of hydrogen-bond acceptors (Lipinski definition) is 5. The number of benzene rings is 1. The summed E-state index contributed by atoms with van der Waals surface area (Å²) < 4.78 is 22.1. The van der Waals surface area contributed by atoms with Crippen LogP contribution in [0.3, 0.4) is 0 Å². The summed E-state index contributed by atoms with van der Waals surface area (Å²) in [5, 5.41) is 3.35. The van der Waals surface area contributed by atoms with Crippen LogP contribution in [0.4, 0.5) is 4.39 Å². The van der Waals surface area contributed by atoms with Crippen LogP contribution in [0.25, 0.3) is 11.4 Å². The number of morpholine rings is 1. The minimum absolute atomic E-state index is 0.141. The van der Waals surface area contributed by atoms with E-state index in [1.54, 1.807) is 4.90 Å². The lowest BCUT2D eigenvalue weighted by Crippen LogP contribution is -2.56. The van der Waals surface area contributed by atoms with E-state index in [-0.39, 0.29) is 17.2 Å². The zero-order chi connectivity index (χ0) is 25.3. The molecule has 0 bridgehead atoms. The summed E-state index contributed by atoms with van der Waals surface area (Å²) in [7, 11) is 1.98. The lowest BCUT2D eigenvalue weighted by Gasteiger charge is -2.36. The van der Waals surface area contributed by atoms with Crippen molar-refractivity contribution in [1.29, 1.82) is 0 Å². The van der Waals surface area contributed by atoms with Gasteiger partial charge in [0.2, 0.25) is 5.91 Å². The van der Waals surface area contributed by atoms with E-state index in [1.807, 2.05) is 32.4 Å². The van der Waals surface area contributed by atoms with Gasteiger partial charge in [-0.05, 0) is 43.6 Å². The number of hydrogen-bond donors (Lipinski definition) is 1. The first-order valence-electron chi connectivity index (χ1n) is 12.0. The van der Waals surface area contributed by atoms with Crippen LogP contribution in [0, 0.1) is 11.2 Å². The Morgan fingerprint density at radius 1 is 1.17 bits per heavy atom. The molecule has 1 saturated heterocycles. The van der Waals surface area contributed by atoms with Crippen molar-refractivity contribution in [3.05, 3.63) is 40.4 Å². The lowest BCUT2D eigenvalue weighted by molar-refractivity contribution is -0.139. The molecule has 2 aliphatic rings. The summed E-state index contributed by atoms with van der Waals surface area (Å²) >= 11 is 6.16. The van der Waals surface area contributed by atoms with E-state index in [2.05, 4.69) is 15.2 Å². The van der Waals surface area contributed by atoms with E-state index in [4.69, 9.17) is 16.3 Å². The SMILES string of the molecule is CN1CCCn2c(-c3cc(Cl)ccc3F)nc(C(=O)NC(C(=O)N3CCOCC3)C(C)(C)C)c2C1. The number of rotatable bonds is 4. The van der Waals surface area contributed by atoms with Gasteiger partial charge in [-0.15, -0.1) is 0 Å². The molecule has 35 heavy (non-hydrogen) atoms. The minimum atomic E-state index is -0.750. The van der Waals surface area contributed by atoms with E-state index in [0.717, 1.165) is 13.0 Å². The maximum absolute atomic E-state index is 14.8. The summed E-state index contributed by atoms with van der Waals surface area (Å²) in [6.45, 7) is 9.61. The van der Waals surface area contributed by atoms with Crippen LogP contribution in [0.15, 0.2) is 18.2 Å². The molecular weight excluding hydrogens is 473 g/mol. The Kier molecular flexibility index (Phi) is 7.49. The van der Waals surface area contributed by atoms with Crippen LogP contribution in [0.2, 0.25) is 5.02 Å². The molecule has 1 atom stereocenters. The number of ether oxygens (including phenoxy) is 1. The molecule has 190 valence electrons. The van der Waals surface area contributed by atoms with Crippen LogP contribution < -0.4 is 5.32 Å². The Morgan fingerprint density at radius 3 is 2.57 bits per heavy atom. The fraction of sp³-hybridized carbons (Fsp3) is 0.560. The zero-order valence-electron chi connectivity index (χ0n) is 20.7. The van der Waals surface area contributed by atoms with Crippen LogP contribution in [0.5, 0.6) is 0 Å². The Bertz CT molecular complexity index is 1110. The van der Waals surface area contributed by atoms with Crippen LogP contribution in [-0.2, 0) is 22.6 Å². The molecule has 1 unspecified atom stereocenters. The van der Waals surface area contributed by atoms with Crippen molar-refractivity contribution in [3.8, 4) is 11.4 Å². The largest absolute Gasteiger partial charge is 0.378 e. The molecule has 2 amide bonds. The van der Waals surface area contributed by atoms with Gasteiger partial charge in [0.05, 0.1) is 24.5 Å².